The first kappa shape index (κ1) is 23.2. The van der Waals surface area contributed by atoms with Crippen LogP contribution in [0.15, 0.2) is 60.0 Å². The number of rotatable bonds is 8. The Labute approximate surface area is 196 Å². The lowest BCUT2D eigenvalue weighted by molar-refractivity contribution is 0.0497. The number of para-hydroxylation sites is 1. The molecule has 0 amide bonds. The van der Waals surface area contributed by atoms with Crippen LogP contribution in [-0.4, -0.2) is 40.5 Å². The van der Waals surface area contributed by atoms with Crippen LogP contribution in [0, 0.1) is 13.8 Å². The average molecular weight is 481 g/mol. The predicted molar refractivity (Wildman–Crippen MR) is 128 cm³/mol. The fourth-order valence-electron chi connectivity index (χ4n) is 3.49. The molecule has 11 heteroatoms. The maximum absolute atomic E-state index is 13.0. The van der Waals surface area contributed by atoms with Gasteiger partial charge in [-0.15, -0.1) is 0 Å². The van der Waals surface area contributed by atoms with Gasteiger partial charge in [-0.05, 0) is 49.6 Å². The Morgan fingerprint density at radius 1 is 1.12 bits per heavy atom. The lowest BCUT2D eigenvalue weighted by Gasteiger charge is -2.14. The molecule has 2 aromatic heterocycles. The van der Waals surface area contributed by atoms with Crippen molar-refractivity contribution < 1.29 is 17.9 Å². The monoisotopic (exact) mass is 480 g/mol. The van der Waals surface area contributed by atoms with Gasteiger partial charge in [0.25, 0.3) is 10.0 Å². The van der Waals surface area contributed by atoms with Crippen molar-refractivity contribution >= 4 is 38.7 Å². The van der Waals surface area contributed by atoms with Crippen molar-refractivity contribution in [3.05, 3.63) is 71.8 Å². The minimum absolute atomic E-state index is 0.122. The fraction of sp³-hybridized carbons (Fsp3) is 0.217. The number of carbonyl (C=O) groups is 1. The van der Waals surface area contributed by atoms with Crippen LogP contribution in [0.3, 0.4) is 0 Å². The molecule has 0 fully saturated rings. The minimum atomic E-state index is -3.89. The number of nitrogen functional groups attached to an aromatic ring is 1. The van der Waals surface area contributed by atoms with E-state index in [0.717, 1.165) is 5.56 Å². The van der Waals surface area contributed by atoms with Crippen LogP contribution in [0.25, 0.3) is 11.2 Å². The van der Waals surface area contributed by atoms with E-state index in [-0.39, 0.29) is 22.8 Å². The number of imidazole rings is 1. The lowest BCUT2D eigenvalue weighted by Crippen LogP contribution is -2.18. The van der Waals surface area contributed by atoms with Crippen molar-refractivity contribution in [1.29, 1.82) is 0 Å². The Kier molecular flexibility index (Phi) is 6.46. The summed E-state index contributed by atoms with van der Waals surface area (Å²) in [5.41, 5.74) is 8.62. The molecule has 0 saturated heterocycles. The summed E-state index contributed by atoms with van der Waals surface area (Å²) in [6.45, 7) is 4.16. The summed E-state index contributed by atoms with van der Waals surface area (Å²) in [7, 11) is -3.89. The van der Waals surface area contributed by atoms with Gasteiger partial charge < -0.3 is 15.0 Å². The lowest BCUT2D eigenvalue weighted by atomic mass is 10.2. The maximum atomic E-state index is 13.0. The van der Waals surface area contributed by atoms with Gasteiger partial charge >= 0.3 is 5.97 Å². The van der Waals surface area contributed by atoms with Crippen LogP contribution in [-0.2, 0) is 21.3 Å². The van der Waals surface area contributed by atoms with Crippen molar-refractivity contribution in [2.75, 3.05) is 17.1 Å². The molecule has 4 rings (SSSR count). The van der Waals surface area contributed by atoms with E-state index in [1.165, 1.54) is 18.5 Å². The second-order valence-electron chi connectivity index (χ2n) is 7.78. The molecule has 0 aliphatic rings. The molecule has 10 nitrogen and oxygen atoms in total. The van der Waals surface area contributed by atoms with Crippen LogP contribution in [0.4, 0.5) is 11.5 Å². The van der Waals surface area contributed by atoms with Gasteiger partial charge in [0.05, 0.1) is 29.1 Å². The van der Waals surface area contributed by atoms with Crippen LogP contribution in [0.2, 0.25) is 0 Å². The molecule has 0 aliphatic carbocycles. The van der Waals surface area contributed by atoms with Gasteiger partial charge in [-0.3, -0.25) is 4.72 Å². The number of carbonyl (C=O) groups excluding carboxylic acids is 1. The summed E-state index contributed by atoms with van der Waals surface area (Å²) in [4.78, 5) is 25.2. The molecule has 0 aliphatic heterocycles. The molecule has 2 heterocycles. The zero-order valence-corrected chi connectivity index (χ0v) is 19.5. The smallest absolute Gasteiger partial charge is 0.340 e. The maximum Gasteiger partial charge on any atom is 0.340 e. The van der Waals surface area contributed by atoms with Gasteiger partial charge in [-0.1, -0.05) is 24.3 Å². The van der Waals surface area contributed by atoms with Crippen molar-refractivity contribution in [2.45, 2.75) is 31.7 Å². The summed E-state index contributed by atoms with van der Waals surface area (Å²) < 4.78 is 35.7. The number of hydrogen-bond donors (Lipinski definition) is 2. The summed E-state index contributed by atoms with van der Waals surface area (Å²) >= 11 is 0. The number of hydrogen-bond acceptors (Lipinski definition) is 8. The summed E-state index contributed by atoms with van der Waals surface area (Å²) in [5, 5.41) is 0. The number of fused-ring (bicyclic) bond motifs is 1. The Hall–Kier alpha value is -3.99. The zero-order valence-electron chi connectivity index (χ0n) is 18.7. The average Bonchev–Trinajstić information content (AvgIpc) is 3.22. The third-order valence-electron chi connectivity index (χ3n) is 5.23. The molecule has 2 aromatic carbocycles. The first-order chi connectivity index (χ1) is 16.3. The first-order valence-corrected chi connectivity index (χ1v) is 12.0. The number of aromatic nitrogens is 4. The molecule has 0 bridgehead atoms. The van der Waals surface area contributed by atoms with Gasteiger partial charge in [-0.2, -0.15) is 0 Å². The number of ether oxygens (including phenoxy) is 1. The van der Waals surface area contributed by atoms with E-state index in [0.29, 0.717) is 35.5 Å². The zero-order chi connectivity index (χ0) is 24.3. The fourth-order valence-corrected chi connectivity index (χ4v) is 4.90. The minimum Gasteiger partial charge on any atom is -0.462 e. The number of sulfonamides is 1. The van der Waals surface area contributed by atoms with E-state index in [1.807, 2.05) is 13.0 Å². The molecule has 34 heavy (non-hydrogen) atoms. The number of aryl methyl sites for hydroxylation is 3. The van der Waals surface area contributed by atoms with Crippen molar-refractivity contribution in [3.63, 3.8) is 0 Å². The predicted octanol–water partition coefficient (Wildman–Crippen LogP) is 3.07. The molecule has 0 radical (unpaired) electrons. The van der Waals surface area contributed by atoms with E-state index in [9.17, 15) is 13.2 Å². The molecule has 3 N–H and O–H groups in total. The summed E-state index contributed by atoms with van der Waals surface area (Å²) in [6, 6.07) is 11.5. The summed E-state index contributed by atoms with van der Waals surface area (Å²) in [6.07, 6.45) is 3.47. The van der Waals surface area contributed by atoms with Crippen molar-refractivity contribution in [2.24, 2.45) is 0 Å². The van der Waals surface area contributed by atoms with E-state index >= 15 is 0 Å². The van der Waals surface area contributed by atoms with E-state index in [1.54, 1.807) is 42.1 Å². The highest BCUT2D eigenvalue weighted by Crippen LogP contribution is 2.24. The van der Waals surface area contributed by atoms with Gasteiger partial charge in [-0.25, -0.2) is 28.2 Å². The van der Waals surface area contributed by atoms with Crippen LogP contribution in [0.1, 0.15) is 27.9 Å². The number of nitrogens with zero attached hydrogens (tertiary/aromatic N) is 4. The van der Waals surface area contributed by atoms with Crippen molar-refractivity contribution in [1.82, 2.24) is 19.5 Å². The van der Waals surface area contributed by atoms with Crippen molar-refractivity contribution in [3.8, 4) is 0 Å². The number of anilines is 2. The third kappa shape index (κ3) is 4.84. The van der Waals surface area contributed by atoms with E-state index < -0.39 is 16.0 Å². The second kappa shape index (κ2) is 9.48. The standard InChI is InChI=1S/C23H24N6O4S/c1-15-8-9-16(2)19(12-15)34(31,32)28-18-7-4-3-6-17(18)23(30)33-11-5-10-29-14-27-20-21(24)25-13-26-22(20)29/h3-4,6-9,12-14,28H,5,10-11H2,1-2H3,(H2,24,25,26). The molecular formula is C23H24N6O4S. The molecule has 0 atom stereocenters. The highest BCUT2D eigenvalue weighted by atomic mass is 32.2. The molecule has 0 unspecified atom stereocenters. The molecule has 0 spiro atoms. The SMILES string of the molecule is Cc1ccc(C)c(S(=O)(=O)Nc2ccccc2C(=O)OCCCn2cnc3c(N)ncnc32)c1. The molecule has 4 aromatic rings. The van der Waals surface area contributed by atoms with Crippen LogP contribution in [0.5, 0.6) is 0 Å². The Morgan fingerprint density at radius 2 is 1.91 bits per heavy atom. The first-order valence-electron chi connectivity index (χ1n) is 10.5. The molecule has 0 saturated carbocycles. The van der Waals surface area contributed by atoms with Crippen LogP contribution < -0.4 is 10.5 Å². The highest BCUT2D eigenvalue weighted by Gasteiger charge is 2.21. The highest BCUT2D eigenvalue weighted by molar-refractivity contribution is 7.92. The normalized spacial score (nSPS) is 11.5. The Balaban J connectivity index is 1.42. The number of nitrogens with two attached hydrogens (primary N) is 1. The largest absolute Gasteiger partial charge is 0.462 e. The Bertz CT molecular complexity index is 1470. The van der Waals surface area contributed by atoms with E-state index in [4.69, 9.17) is 10.5 Å². The van der Waals surface area contributed by atoms with Gasteiger partial charge in [0, 0.05) is 6.54 Å². The topological polar surface area (TPSA) is 142 Å². The second-order valence-corrected chi connectivity index (χ2v) is 9.43. The molecular weight excluding hydrogens is 456 g/mol. The Morgan fingerprint density at radius 3 is 2.74 bits per heavy atom. The molecule has 176 valence electrons. The number of benzene rings is 2. The van der Waals surface area contributed by atoms with E-state index in [2.05, 4.69) is 19.7 Å². The summed E-state index contributed by atoms with van der Waals surface area (Å²) in [5.74, 6) is -0.323. The van der Waals surface area contributed by atoms with Gasteiger partial charge in [0.2, 0.25) is 0 Å². The van der Waals surface area contributed by atoms with Gasteiger partial charge in [0.1, 0.15) is 11.8 Å². The van der Waals surface area contributed by atoms with Gasteiger partial charge in [0.15, 0.2) is 11.5 Å². The number of esters is 1. The van der Waals surface area contributed by atoms with Crippen LogP contribution >= 0.6 is 0 Å². The third-order valence-corrected chi connectivity index (χ3v) is 6.74. The number of nitrogens with one attached hydrogen (secondary N) is 1. The quantitative estimate of drug-likeness (QED) is 0.289.